The molecule has 0 aromatic heterocycles. The maximum Gasteiger partial charge on any atom is 0.254 e. The molecule has 1 spiro atoms. The Labute approximate surface area is 130 Å². The van der Waals surface area contributed by atoms with E-state index < -0.39 is 0 Å². The van der Waals surface area contributed by atoms with Gasteiger partial charge in [-0.25, -0.2) is 0 Å². The highest BCUT2D eigenvalue weighted by atomic mass is 35.5. The molecule has 0 bridgehead atoms. The summed E-state index contributed by atoms with van der Waals surface area (Å²) in [5, 5.41) is 4.00. The van der Waals surface area contributed by atoms with Crippen molar-refractivity contribution in [2.45, 2.75) is 19.3 Å². The Morgan fingerprint density at radius 1 is 1.38 bits per heavy atom. The molecule has 0 unspecified atom stereocenters. The first-order chi connectivity index (χ1) is 10.1. The van der Waals surface area contributed by atoms with Crippen LogP contribution in [0.4, 0.5) is 0 Å². The number of benzene rings is 1. The number of hydrogen-bond acceptors (Lipinski definition) is 3. The molecular weight excluding hydrogens is 288 g/mol. The number of carbonyl (C=O) groups excluding carboxylic acids is 1. The first-order valence-electron chi connectivity index (χ1n) is 7.46. The summed E-state index contributed by atoms with van der Waals surface area (Å²) in [6, 6.07) is 5.20. The van der Waals surface area contributed by atoms with Gasteiger partial charge in [-0.1, -0.05) is 11.6 Å². The van der Waals surface area contributed by atoms with Gasteiger partial charge in [-0.3, -0.25) is 4.79 Å². The Bertz CT molecular complexity index is 541. The van der Waals surface area contributed by atoms with Crippen LogP contribution in [0.3, 0.4) is 0 Å². The largest absolute Gasteiger partial charge is 0.497 e. The van der Waals surface area contributed by atoms with Crippen molar-refractivity contribution in [2.75, 3.05) is 33.3 Å². The van der Waals surface area contributed by atoms with E-state index in [1.54, 1.807) is 25.3 Å². The van der Waals surface area contributed by atoms with E-state index >= 15 is 0 Å². The van der Waals surface area contributed by atoms with Crippen molar-refractivity contribution in [3.63, 3.8) is 0 Å². The Morgan fingerprint density at radius 3 is 2.95 bits per heavy atom. The number of ether oxygens (including phenoxy) is 1. The van der Waals surface area contributed by atoms with Crippen LogP contribution in [-0.4, -0.2) is 44.1 Å². The number of nitrogens with zero attached hydrogens (tertiary/aromatic N) is 1. The van der Waals surface area contributed by atoms with E-state index in [1.807, 2.05) is 4.90 Å². The molecule has 0 aliphatic carbocycles. The fraction of sp³-hybridized carbons (Fsp3) is 0.562. The smallest absolute Gasteiger partial charge is 0.254 e. The summed E-state index contributed by atoms with van der Waals surface area (Å²) < 4.78 is 5.19. The third kappa shape index (κ3) is 3.01. The number of piperidine rings is 1. The number of nitrogens with one attached hydrogen (secondary N) is 1. The van der Waals surface area contributed by atoms with Crippen LogP contribution in [-0.2, 0) is 0 Å². The van der Waals surface area contributed by atoms with Crippen molar-refractivity contribution in [3.05, 3.63) is 28.8 Å². The number of hydrogen-bond donors (Lipinski definition) is 1. The second kappa shape index (κ2) is 5.85. The van der Waals surface area contributed by atoms with Gasteiger partial charge in [0.15, 0.2) is 0 Å². The molecule has 4 nitrogen and oxygen atoms in total. The number of amides is 1. The number of rotatable bonds is 2. The average Bonchev–Trinajstić information content (AvgIpc) is 2.90. The Hall–Kier alpha value is -1.26. The predicted molar refractivity (Wildman–Crippen MR) is 83.1 cm³/mol. The van der Waals surface area contributed by atoms with E-state index in [4.69, 9.17) is 16.3 Å². The fourth-order valence-electron chi connectivity index (χ4n) is 3.47. The number of likely N-dealkylation sites (tertiary alicyclic amines) is 1. The lowest BCUT2D eigenvalue weighted by Gasteiger charge is -2.33. The summed E-state index contributed by atoms with van der Waals surface area (Å²) in [5.41, 5.74) is 0.886. The van der Waals surface area contributed by atoms with Crippen LogP contribution < -0.4 is 10.1 Å². The van der Waals surface area contributed by atoms with Crippen LogP contribution >= 0.6 is 11.6 Å². The molecule has 2 saturated heterocycles. The van der Waals surface area contributed by atoms with Crippen LogP contribution in [0.25, 0.3) is 0 Å². The number of halogens is 1. The third-order valence-corrected chi connectivity index (χ3v) is 4.86. The molecule has 2 aliphatic heterocycles. The van der Waals surface area contributed by atoms with Gasteiger partial charge in [0.1, 0.15) is 5.75 Å². The molecule has 114 valence electrons. The zero-order chi connectivity index (χ0) is 14.9. The van der Waals surface area contributed by atoms with Crippen LogP contribution in [0.2, 0.25) is 5.02 Å². The summed E-state index contributed by atoms with van der Waals surface area (Å²) >= 11 is 6.06. The molecule has 2 fully saturated rings. The fourth-order valence-corrected chi connectivity index (χ4v) is 3.70. The van der Waals surface area contributed by atoms with E-state index in [1.165, 1.54) is 12.8 Å². The quantitative estimate of drug-likeness (QED) is 0.913. The van der Waals surface area contributed by atoms with Gasteiger partial charge in [-0.2, -0.15) is 0 Å². The highest BCUT2D eigenvalue weighted by Crippen LogP contribution is 2.37. The lowest BCUT2D eigenvalue weighted by Crippen LogP contribution is -2.42. The monoisotopic (exact) mass is 308 g/mol. The van der Waals surface area contributed by atoms with E-state index in [-0.39, 0.29) is 11.3 Å². The second-order valence-electron chi connectivity index (χ2n) is 6.14. The standard InChI is InChI=1S/C16H21ClN2O2/c1-21-14-8-12(7-13(17)9-14)15(20)19-6-4-16(11-19)3-2-5-18-10-16/h7-9,18H,2-6,10-11H2,1H3/t16-/m0/s1. The highest BCUT2D eigenvalue weighted by molar-refractivity contribution is 6.31. The first kappa shape index (κ1) is 14.7. The summed E-state index contributed by atoms with van der Waals surface area (Å²) in [4.78, 5) is 14.6. The SMILES string of the molecule is COc1cc(Cl)cc(C(=O)N2CC[C@]3(CCCNC3)C2)c1. The zero-order valence-electron chi connectivity index (χ0n) is 12.3. The van der Waals surface area contributed by atoms with Crippen LogP contribution in [0, 0.1) is 5.41 Å². The molecule has 1 aromatic carbocycles. The van der Waals surface area contributed by atoms with Gasteiger partial charge >= 0.3 is 0 Å². The molecule has 3 rings (SSSR count). The van der Waals surface area contributed by atoms with Crippen molar-refractivity contribution >= 4 is 17.5 Å². The lowest BCUT2D eigenvalue weighted by molar-refractivity contribution is 0.0764. The Balaban J connectivity index is 1.75. The zero-order valence-corrected chi connectivity index (χ0v) is 13.1. The first-order valence-corrected chi connectivity index (χ1v) is 7.84. The van der Waals surface area contributed by atoms with E-state index in [2.05, 4.69) is 5.32 Å². The summed E-state index contributed by atoms with van der Waals surface area (Å²) in [5.74, 6) is 0.678. The van der Waals surface area contributed by atoms with Crippen molar-refractivity contribution < 1.29 is 9.53 Å². The van der Waals surface area contributed by atoms with Gasteiger partial charge < -0.3 is 15.0 Å². The van der Waals surface area contributed by atoms with E-state index in [0.717, 1.165) is 32.6 Å². The van der Waals surface area contributed by atoms with Crippen LogP contribution in [0.5, 0.6) is 5.75 Å². The predicted octanol–water partition coefficient (Wildman–Crippen LogP) is 2.56. The molecule has 2 heterocycles. The number of carbonyl (C=O) groups is 1. The number of methoxy groups -OCH3 is 1. The van der Waals surface area contributed by atoms with E-state index in [9.17, 15) is 4.79 Å². The minimum Gasteiger partial charge on any atom is -0.497 e. The highest BCUT2D eigenvalue weighted by Gasteiger charge is 2.40. The maximum atomic E-state index is 12.7. The molecule has 2 aliphatic rings. The summed E-state index contributed by atoms with van der Waals surface area (Å²) in [6.07, 6.45) is 3.50. The molecule has 0 saturated carbocycles. The molecule has 0 radical (unpaired) electrons. The van der Waals surface area contributed by atoms with Gasteiger partial charge in [0.05, 0.1) is 7.11 Å². The molecular formula is C16H21ClN2O2. The Kier molecular flexibility index (Phi) is 4.09. The van der Waals surface area contributed by atoms with Gasteiger partial charge in [0.25, 0.3) is 5.91 Å². The Morgan fingerprint density at radius 2 is 2.24 bits per heavy atom. The molecule has 1 N–H and O–H groups in total. The third-order valence-electron chi connectivity index (χ3n) is 4.64. The average molecular weight is 309 g/mol. The minimum absolute atomic E-state index is 0.0539. The molecule has 1 atom stereocenters. The van der Waals surface area contributed by atoms with Gasteiger partial charge in [-0.15, -0.1) is 0 Å². The molecule has 1 amide bonds. The van der Waals surface area contributed by atoms with Gasteiger partial charge in [0, 0.05) is 35.6 Å². The van der Waals surface area contributed by atoms with Crippen LogP contribution in [0.1, 0.15) is 29.6 Å². The molecule has 1 aromatic rings. The van der Waals surface area contributed by atoms with Crippen LogP contribution in [0.15, 0.2) is 18.2 Å². The minimum atomic E-state index is 0.0539. The summed E-state index contributed by atoms with van der Waals surface area (Å²) in [7, 11) is 1.58. The normalized spacial score (nSPS) is 25.3. The molecule has 21 heavy (non-hydrogen) atoms. The second-order valence-corrected chi connectivity index (χ2v) is 6.57. The van der Waals surface area contributed by atoms with Crippen molar-refractivity contribution in [3.8, 4) is 5.75 Å². The molecule has 5 heteroatoms. The lowest BCUT2D eigenvalue weighted by atomic mass is 9.80. The van der Waals surface area contributed by atoms with Gasteiger partial charge in [0.2, 0.25) is 0 Å². The maximum absolute atomic E-state index is 12.7. The van der Waals surface area contributed by atoms with Crippen molar-refractivity contribution in [1.82, 2.24) is 10.2 Å². The van der Waals surface area contributed by atoms with Crippen molar-refractivity contribution in [1.29, 1.82) is 0 Å². The topological polar surface area (TPSA) is 41.6 Å². The van der Waals surface area contributed by atoms with E-state index in [0.29, 0.717) is 16.3 Å². The summed E-state index contributed by atoms with van der Waals surface area (Å²) in [6.45, 7) is 3.79. The van der Waals surface area contributed by atoms with Gasteiger partial charge in [-0.05, 0) is 44.0 Å². The van der Waals surface area contributed by atoms with Crippen molar-refractivity contribution in [2.24, 2.45) is 5.41 Å².